The van der Waals surface area contributed by atoms with Gasteiger partial charge in [-0.25, -0.2) is 9.86 Å². The van der Waals surface area contributed by atoms with Crippen LogP contribution in [0.2, 0.25) is 0 Å². The summed E-state index contributed by atoms with van der Waals surface area (Å²) in [5, 5.41) is 11.9. The fraction of sp³-hybridized carbons (Fsp3) is 0.417. The number of carbonyl (C=O) groups excluding carboxylic acids is 1. The molecule has 2 amide bonds. The molecule has 0 aliphatic heterocycles. The second-order valence-corrected chi connectivity index (χ2v) is 3.73. The van der Waals surface area contributed by atoms with E-state index in [0.29, 0.717) is 29.5 Å². The average molecular weight is 254 g/mol. The lowest BCUT2D eigenvalue weighted by atomic mass is 10.1. The molecule has 0 bridgehead atoms. The van der Waals surface area contributed by atoms with Crippen LogP contribution in [0.4, 0.5) is 4.79 Å². The standard InChI is InChI=1S/C12H18N2O4/c1-14(16)12(15)13-5-4-9-6-10(17-2)8-11(7-9)18-3/h6-8,16H,4-5H2,1-3H3,(H,13,15). The number of methoxy groups -OCH3 is 2. The molecule has 0 spiro atoms. The van der Waals surface area contributed by atoms with Crippen LogP contribution in [-0.2, 0) is 6.42 Å². The van der Waals surface area contributed by atoms with E-state index < -0.39 is 6.03 Å². The first-order valence-electron chi connectivity index (χ1n) is 5.49. The highest BCUT2D eigenvalue weighted by Gasteiger charge is 2.05. The van der Waals surface area contributed by atoms with Crippen LogP contribution < -0.4 is 14.8 Å². The van der Waals surface area contributed by atoms with Crippen molar-refractivity contribution >= 4 is 6.03 Å². The van der Waals surface area contributed by atoms with Crippen molar-refractivity contribution < 1.29 is 19.5 Å². The Morgan fingerprint density at radius 2 is 1.83 bits per heavy atom. The zero-order valence-corrected chi connectivity index (χ0v) is 10.8. The van der Waals surface area contributed by atoms with E-state index in [-0.39, 0.29) is 0 Å². The lowest BCUT2D eigenvalue weighted by Crippen LogP contribution is -2.36. The Morgan fingerprint density at radius 3 is 2.28 bits per heavy atom. The highest BCUT2D eigenvalue weighted by molar-refractivity contribution is 5.72. The molecule has 0 heterocycles. The fourth-order valence-corrected chi connectivity index (χ4v) is 1.44. The van der Waals surface area contributed by atoms with Gasteiger partial charge in [-0.1, -0.05) is 0 Å². The first kappa shape index (κ1) is 14.1. The Kier molecular flexibility index (Phi) is 5.26. The van der Waals surface area contributed by atoms with E-state index >= 15 is 0 Å². The summed E-state index contributed by atoms with van der Waals surface area (Å²) in [7, 11) is 4.44. The monoisotopic (exact) mass is 254 g/mol. The molecule has 0 atom stereocenters. The van der Waals surface area contributed by atoms with Crippen molar-refractivity contribution in [1.29, 1.82) is 0 Å². The van der Waals surface area contributed by atoms with Gasteiger partial charge in [0, 0.05) is 19.7 Å². The number of hydrogen-bond donors (Lipinski definition) is 2. The molecule has 0 fully saturated rings. The molecule has 100 valence electrons. The molecule has 18 heavy (non-hydrogen) atoms. The van der Waals surface area contributed by atoms with Gasteiger partial charge in [0.15, 0.2) is 0 Å². The van der Waals surface area contributed by atoms with E-state index in [1.165, 1.54) is 7.05 Å². The molecule has 0 aliphatic carbocycles. The van der Waals surface area contributed by atoms with Gasteiger partial charge in [0.05, 0.1) is 14.2 Å². The Labute approximate surface area is 106 Å². The number of amides is 2. The number of carbonyl (C=O) groups is 1. The molecule has 1 rings (SSSR count). The molecular weight excluding hydrogens is 236 g/mol. The van der Waals surface area contributed by atoms with Crippen molar-refractivity contribution in [3.63, 3.8) is 0 Å². The topological polar surface area (TPSA) is 71.0 Å². The number of urea groups is 1. The average Bonchev–Trinajstić information content (AvgIpc) is 2.37. The van der Waals surface area contributed by atoms with Gasteiger partial charge in [-0.2, -0.15) is 0 Å². The maximum Gasteiger partial charge on any atom is 0.340 e. The second-order valence-electron chi connectivity index (χ2n) is 3.73. The largest absolute Gasteiger partial charge is 0.497 e. The second kappa shape index (κ2) is 6.70. The minimum atomic E-state index is -0.537. The summed E-state index contributed by atoms with van der Waals surface area (Å²) in [5.41, 5.74) is 0.979. The molecule has 0 unspecified atom stereocenters. The number of nitrogens with zero attached hydrogens (tertiary/aromatic N) is 1. The van der Waals surface area contributed by atoms with Gasteiger partial charge in [0.1, 0.15) is 11.5 Å². The normalized spacial score (nSPS) is 9.78. The van der Waals surface area contributed by atoms with Crippen LogP contribution >= 0.6 is 0 Å². The first-order valence-corrected chi connectivity index (χ1v) is 5.49. The predicted molar refractivity (Wildman–Crippen MR) is 66.2 cm³/mol. The Hall–Kier alpha value is -1.95. The summed E-state index contributed by atoms with van der Waals surface area (Å²) in [4.78, 5) is 11.1. The number of hydrogen-bond acceptors (Lipinski definition) is 4. The molecule has 0 aromatic heterocycles. The van der Waals surface area contributed by atoms with Gasteiger partial charge in [-0.05, 0) is 24.1 Å². The van der Waals surface area contributed by atoms with Crippen molar-refractivity contribution in [2.24, 2.45) is 0 Å². The van der Waals surface area contributed by atoms with Crippen LogP contribution in [0.3, 0.4) is 0 Å². The van der Waals surface area contributed by atoms with E-state index in [0.717, 1.165) is 5.56 Å². The molecule has 2 N–H and O–H groups in total. The van der Waals surface area contributed by atoms with Crippen LogP contribution in [0, 0.1) is 0 Å². The third-order valence-electron chi connectivity index (χ3n) is 2.40. The predicted octanol–water partition coefficient (Wildman–Crippen LogP) is 1.28. The van der Waals surface area contributed by atoms with Crippen molar-refractivity contribution in [3.8, 4) is 11.5 Å². The zero-order chi connectivity index (χ0) is 13.5. The number of nitrogens with one attached hydrogen (secondary N) is 1. The van der Waals surface area contributed by atoms with Crippen LogP contribution in [0.25, 0.3) is 0 Å². The number of benzene rings is 1. The maximum atomic E-state index is 11.1. The van der Waals surface area contributed by atoms with Crippen molar-refractivity contribution in [2.45, 2.75) is 6.42 Å². The summed E-state index contributed by atoms with van der Waals surface area (Å²) in [6, 6.07) is 4.99. The lowest BCUT2D eigenvalue weighted by Gasteiger charge is -2.11. The smallest absolute Gasteiger partial charge is 0.340 e. The summed E-state index contributed by atoms with van der Waals surface area (Å²) in [5.74, 6) is 1.41. The number of rotatable bonds is 5. The first-order chi connectivity index (χ1) is 8.56. The third-order valence-corrected chi connectivity index (χ3v) is 2.40. The van der Waals surface area contributed by atoms with Gasteiger partial charge in [-0.3, -0.25) is 5.21 Å². The van der Waals surface area contributed by atoms with Crippen LogP contribution in [-0.4, -0.2) is 44.1 Å². The van der Waals surface area contributed by atoms with Crippen LogP contribution in [0.1, 0.15) is 5.56 Å². The van der Waals surface area contributed by atoms with E-state index in [4.69, 9.17) is 14.7 Å². The molecule has 0 radical (unpaired) electrons. The van der Waals surface area contributed by atoms with Gasteiger partial charge >= 0.3 is 6.03 Å². The summed E-state index contributed by atoms with van der Waals surface area (Å²) >= 11 is 0. The van der Waals surface area contributed by atoms with Gasteiger partial charge < -0.3 is 14.8 Å². The molecule has 1 aromatic carbocycles. The minimum absolute atomic E-state index is 0.417. The highest BCUT2D eigenvalue weighted by Crippen LogP contribution is 2.22. The maximum absolute atomic E-state index is 11.1. The minimum Gasteiger partial charge on any atom is -0.497 e. The Bertz CT molecular complexity index is 385. The summed E-state index contributed by atoms with van der Waals surface area (Å²) in [6.45, 7) is 0.417. The van der Waals surface area contributed by atoms with Crippen molar-refractivity contribution in [3.05, 3.63) is 23.8 Å². The van der Waals surface area contributed by atoms with Crippen LogP contribution in [0.5, 0.6) is 11.5 Å². The SMILES string of the molecule is COc1cc(CCNC(=O)N(C)O)cc(OC)c1. The molecule has 1 aromatic rings. The third kappa shape index (κ3) is 4.14. The van der Waals surface area contributed by atoms with Gasteiger partial charge in [-0.15, -0.1) is 0 Å². The fourth-order valence-electron chi connectivity index (χ4n) is 1.44. The zero-order valence-electron chi connectivity index (χ0n) is 10.8. The van der Waals surface area contributed by atoms with E-state index in [1.807, 2.05) is 12.1 Å². The molecule has 6 heteroatoms. The Morgan fingerprint density at radius 1 is 1.28 bits per heavy atom. The van der Waals surface area contributed by atoms with Gasteiger partial charge in [0.25, 0.3) is 0 Å². The highest BCUT2D eigenvalue weighted by atomic mass is 16.5. The van der Waals surface area contributed by atoms with E-state index in [2.05, 4.69) is 5.32 Å². The van der Waals surface area contributed by atoms with Gasteiger partial charge in [0.2, 0.25) is 0 Å². The van der Waals surface area contributed by atoms with E-state index in [9.17, 15) is 4.79 Å². The van der Waals surface area contributed by atoms with Crippen LogP contribution in [0.15, 0.2) is 18.2 Å². The number of hydroxylamine groups is 2. The van der Waals surface area contributed by atoms with Crippen molar-refractivity contribution in [2.75, 3.05) is 27.8 Å². The molecular formula is C12H18N2O4. The molecule has 0 saturated heterocycles. The quantitative estimate of drug-likeness (QED) is 0.613. The Balaban J connectivity index is 2.58. The molecule has 6 nitrogen and oxygen atoms in total. The summed E-state index contributed by atoms with van der Waals surface area (Å²) < 4.78 is 10.3. The summed E-state index contributed by atoms with van der Waals surface area (Å²) in [6.07, 6.45) is 0.618. The molecule has 0 saturated carbocycles. The molecule has 0 aliphatic rings. The number of ether oxygens (including phenoxy) is 2. The van der Waals surface area contributed by atoms with Crippen molar-refractivity contribution in [1.82, 2.24) is 10.4 Å². The van der Waals surface area contributed by atoms with E-state index in [1.54, 1.807) is 20.3 Å². The lowest BCUT2D eigenvalue weighted by molar-refractivity contribution is -0.0181.